The normalized spacial score (nSPS) is 19.0. The molecule has 3 N–H and O–H groups in total. The van der Waals surface area contributed by atoms with Crippen LogP contribution in [-0.4, -0.2) is 36.6 Å². The lowest BCUT2D eigenvalue weighted by Crippen LogP contribution is -2.34. The number of rotatable bonds is 5. The van der Waals surface area contributed by atoms with E-state index in [4.69, 9.17) is 15.2 Å². The van der Waals surface area contributed by atoms with Crippen LogP contribution in [0.4, 0.5) is 5.00 Å². The van der Waals surface area contributed by atoms with Gasteiger partial charge in [-0.05, 0) is 31.2 Å². The third-order valence-corrected chi connectivity index (χ3v) is 3.85. The zero-order valence-electron chi connectivity index (χ0n) is 11.5. The molecule has 1 saturated heterocycles. The second-order valence-corrected chi connectivity index (χ2v) is 5.51. The van der Waals surface area contributed by atoms with Gasteiger partial charge in [-0.15, -0.1) is 11.3 Å². The molecule has 2 atom stereocenters. The van der Waals surface area contributed by atoms with E-state index in [2.05, 4.69) is 5.32 Å². The molecule has 21 heavy (non-hydrogen) atoms. The molecule has 0 aromatic carbocycles. The molecule has 7 nitrogen and oxygen atoms in total. The first kappa shape index (κ1) is 15.5. The quantitative estimate of drug-likeness (QED) is 0.785. The van der Waals surface area contributed by atoms with Crippen molar-refractivity contribution in [2.45, 2.75) is 32.0 Å². The molecule has 1 fully saturated rings. The van der Waals surface area contributed by atoms with Gasteiger partial charge in [0.15, 0.2) is 12.2 Å². The van der Waals surface area contributed by atoms with Crippen LogP contribution in [-0.2, 0) is 19.1 Å². The minimum Gasteiger partial charge on any atom is -0.451 e. The van der Waals surface area contributed by atoms with Gasteiger partial charge in [-0.1, -0.05) is 0 Å². The topological polar surface area (TPSA) is 108 Å². The molecule has 114 valence electrons. The molecule has 1 aliphatic rings. The van der Waals surface area contributed by atoms with Crippen molar-refractivity contribution in [3.05, 3.63) is 17.0 Å². The molecule has 0 saturated carbocycles. The average molecular weight is 312 g/mol. The molecule has 2 amide bonds. The Kier molecular flexibility index (Phi) is 4.92. The van der Waals surface area contributed by atoms with Crippen molar-refractivity contribution in [3.63, 3.8) is 0 Å². The summed E-state index contributed by atoms with van der Waals surface area (Å²) in [6.07, 6.45) is -0.172. The molecule has 1 aliphatic heterocycles. The highest BCUT2D eigenvalue weighted by molar-refractivity contribution is 7.14. The molecule has 0 unspecified atom stereocenters. The Morgan fingerprint density at radius 2 is 2.29 bits per heavy atom. The predicted molar refractivity (Wildman–Crippen MR) is 76.0 cm³/mol. The zero-order chi connectivity index (χ0) is 15.4. The summed E-state index contributed by atoms with van der Waals surface area (Å²) >= 11 is 1.17. The number of nitrogens with two attached hydrogens (primary N) is 1. The lowest BCUT2D eigenvalue weighted by Gasteiger charge is -2.15. The highest BCUT2D eigenvalue weighted by Gasteiger charge is 2.28. The number of hydrogen-bond acceptors (Lipinski definition) is 6. The minimum absolute atomic E-state index is 0.228. The van der Waals surface area contributed by atoms with Crippen molar-refractivity contribution in [1.29, 1.82) is 0 Å². The van der Waals surface area contributed by atoms with E-state index in [0.717, 1.165) is 6.42 Å². The number of hydrogen-bond donors (Lipinski definition) is 2. The van der Waals surface area contributed by atoms with Gasteiger partial charge in [0, 0.05) is 6.61 Å². The summed E-state index contributed by atoms with van der Waals surface area (Å²) in [7, 11) is 0. The van der Waals surface area contributed by atoms with Crippen molar-refractivity contribution in [2.75, 3.05) is 11.9 Å². The molecule has 1 aromatic rings. The summed E-state index contributed by atoms with van der Waals surface area (Å²) in [6.45, 7) is 1.98. The van der Waals surface area contributed by atoms with Gasteiger partial charge in [0.25, 0.3) is 11.8 Å². The first-order valence-corrected chi connectivity index (χ1v) is 7.37. The largest absolute Gasteiger partial charge is 0.451 e. The van der Waals surface area contributed by atoms with Crippen LogP contribution in [0.5, 0.6) is 0 Å². The van der Waals surface area contributed by atoms with Crippen LogP contribution in [0.25, 0.3) is 0 Å². The first-order valence-electron chi connectivity index (χ1n) is 6.49. The average Bonchev–Trinajstić information content (AvgIpc) is 3.09. The lowest BCUT2D eigenvalue weighted by molar-refractivity contribution is -0.162. The van der Waals surface area contributed by atoms with Crippen LogP contribution in [0.2, 0.25) is 0 Å². The smallest absolute Gasteiger partial charge is 0.336 e. The number of nitrogens with one attached hydrogen (secondary N) is 1. The Morgan fingerprint density at radius 1 is 1.52 bits per heavy atom. The van der Waals surface area contributed by atoms with Crippen LogP contribution in [0, 0.1) is 0 Å². The van der Waals surface area contributed by atoms with Crippen molar-refractivity contribution >= 4 is 34.1 Å². The molecule has 1 aromatic heterocycles. The number of anilines is 1. The van der Waals surface area contributed by atoms with Gasteiger partial charge in [-0.2, -0.15) is 0 Å². The molecule has 0 aliphatic carbocycles. The van der Waals surface area contributed by atoms with Crippen LogP contribution < -0.4 is 11.1 Å². The maximum absolute atomic E-state index is 12.0. The number of primary amides is 1. The summed E-state index contributed by atoms with van der Waals surface area (Å²) in [5, 5.41) is 4.51. The molecule has 0 spiro atoms. The molecule has 2 rings (SSSR count). The standard InChI is InChI=1S/C13H16N2O5S/c1-7(20-13(18)9-3-2-5-19-9)11(17)15-12-8(10(14)16)4-6-21-12/h4,6-7,9H,2-3,5H2,1H3,(H2,14,16)(H,15,17)/t7-,9+/m1/s1. The van der Waals surface area contributed by atoms with E-state index in [0.29, 0.717) is 18.0 Å². The van der Waals surface area contributed by atoms with Gasteiger partial charge in [-0.3, -0.25) is 9.59 Å². The number of carbonyl (C=O) groups excluding carboxylic acids is 3. The van der Waals surface area contributed by atoms with E-state index >= 15 is 0 Å². The molecule has 0 bridgehead atoms. The minimum atomic E-state index is -0.982. The summed E-state index contributed by atoms with van der Waals surface area (Å²) in [5.74, 6) is -1.70. The predicted octanol–water partition coefficient (Wildman–Crippen LogP) is 0.896. The maximum Gasteiger partial charge on any atom is 0.336 e. The number of ether oxygens (including phenoxy) is 2. The highest BCUT2D eigenvalue weighted by Crippen LogP contribution is 2.23. The van der Waals surface area contributed by atoms with Crippen molar-refractivity contribution in [1.82, 2.24) is 0 Å². The van der Waals surface area contributed by atoms with Gasteiger partial charge >= 0.3 is 5.97 Å². The summed E-state index contributed by atoms with van der Waals surface area (Å²) in [4.78, 5) is 34.9. The molecular weight excluding hydrogens is 296 g/mol. The van der Waals surface area contributed by atoms with Gasteiger partial charge in [0.1, 0.15) is 5.00 Å². The fourth-order valence-electron chi connectivity index (χ4n) is 1.88. The van der Waals surface area contributed by atoms with E-state index in [9.17, 15) is 14.4 Å². The van der Waals surface area contributed by atoms with Crippen LogP contribution in [0.3, 0.4) is 0 Å². The van der Waals surface area contributed by atoms with E-state index < -0.39 is 30.0 Å². The van der Waals surface area contributed by atoms with Gasteiger partial charge in [-0.25, -0.2) is 4.79 Å². The van der Waals surface area contributed by atoms with Crippen LogP contribution in [0.1, 0.15) is 30.1 Å². The van der Waals surface area contributed by atoms with Gasteiger partial charge in [0.05, 0.1) is 5.56 Å². The number of carbonyl (C=O) groups is 3. The number of amides is 2. The van der Waals surface area contributed by atoms with Crippen molar-refractivity contribution < 1.29 is 23.9 Å². The second-order valence-electron chi connectivity index (χ2n) is 4.60. The van der Waals surface area contributed by atoms with Crippen molar-refractivity contribution in [2.24, 2.45) is 5.73 Å². The van der Waals surface area contributed by atoms with Crippen LogP contribution >= 0.6 is 11.3 Å². The third-order valence-electron chi connectivity index (χ3n) is 3.02. The van der Waals surface area contributed by atoms with Gasteiger partial charge in [0.2, 0.25) is 0 Å². The number of thiophene rings is 1. The third kappa shape index (κ3) is 3.79. The van der Waals surface area contributed by atoms with Crippen molar-refractivity contribution in [3.8, 4) is 0 Å². The fraction of sp³-hybridized carbons (Fsp3) is 0.462. The Labute approximate surface area is 125 Å². The maximum atomic E-state index is 12.0. The molecule has 0 radical (unpaired) electrons. The Morgan fingerprint density at radius 3 is 2.90 bits per heavy atom. The summed E-state index contributed by atoms with van der Waals surface area (Å²) < 4.78 is 10.2. The second kappa shape index (κ2) is 6.68. The SMILES string of the molecule is C[C@@H](OC(=O)[C@@H]1CCCO1)C(=O)Nc1sccc1C(N)=O. The summed E-state index contributed by atoms with van der Waals surface area (Å²) in [5.41, 5.74) is 5.42. The monoisotopic (exact) mass is 312 g/mol. The Balaban J connectivity index is 1.91. The van der Waals surface area contributed by atoms with Crippen LogP contribution in [0.15, 0.2) is 11.4 Å². The lowest BCUT2D eigenvalue weighted by atomic mass is 10.2. The van der Waals surface area contributed by atoms with E-state index in [1.54, 1.807) is 5.38 Å². The molecule has 8 heteroatoms. The first-order chi connectivity index (χ1) is 9.99. The fourth-order valence-corrected chi connectivity index (χ4v) is 2.68. The Hall–Kier alpha value is -1.93. The highest BCUT2D eigenvalue weighted by atomic mass is 32.1. The number of esters is 1. The van der Waals surface area contributed by atoms with E-state index in [1.165, 1.54) is 24.3 Å². The summed E-state index contributed by atoms with van der Waals surface area (Å²) in [6, 6.07) is 1.52. The van der Waals surface area contributed by atoms with E-state index in [-0.39, 0.29) is 5.56 Å². The Bertz CT molecular complexity index is 551. The van der Waals surface area contributed by atoms with E-state index in [1.807, 2.05) is 0 Å². The van der Waals surface area contributed by atoms with Gasteiger partial charge < -0.3 is 20.5 Å². The zero-order valence-corrected chi connectivity index (χ0v) is 12.3. The molecular formula is C13H16N2O5S. The molecule has 2 heterocycles.